The van der Waals surface area contributed by atoms with Crippen LogP contribution in [-0.4, -0.2) is 25.5 Å². The van der Waals surface area contributed by atoms with Crippen LogP contribution in [-0.2, 0) is 14.9 Å². The molecule has 1 aromatic heterocycles. The van der Waals surface area contributed by atoms with Gasteiger partial charge in [-0.3, -0.25) is 0 Å². The molecule has 0 saturated heterocycles. The second kappa shape index (κ2) is 6.94. The largest absolute Gasteiger partial charge is 0.493 e. The van der Waals surface area contributed by atoms with Gasteiger partial charge in [-0.25, -0.2) is 23.5 Å². The first-order valence-corrected chi connectivity index (χ1v) is 9.27. The molecule has 0 saturated carbocycles. The zero-order valence-corrected chi connectivity index (χ0v) is 15.2. The van der Waals surface area contributed by atoms with Crippen molar-refractivity contribution in [2.75, 3.05) is 7.11 Å². The van der Waals surface area contributed by atoms with Crippen molar-refractivity contribution >= 4 is 21.6 Å². The number of methoxy groups -OCH3 is 1. The van der Waals surface area contributed by atoms with Crippen LogP contribution in [0, 0.1) is 0 Å². The molecule has 0 amide bonds. The summed E-state index contributed by atoms with van der Waals surface area (Å²) in [6.07, 6.45) is 5.36. The standard InChI is InChI=1S/C16H15ClN4O4S/c1-24-11-4-2-3-5-12(11)25-13-6-8-16(21-15(13)17,26(18,22)23)14-7-9-19-10-20-14/h2-10,21H,1H3,(H2,18,22,23). The maximum atomic E-state index is 12.3. The van der Waals surface area contributed by atoms with Crippen LogP contribution in [0.25, 0.3) is 0 Å². The van der Waals surface area contributed by atoms with E-state index in [1.807, 2.05) is 0 Å². The molecule has 0 radical (unpaired) electrons. The molecule has 1 atom stereocenters. The number of hydrogen-bond acceptors (Lipinski definition) is 7. The van der Waals surface area contributed by atoms with Gasteiger partial charge in [-0.2, -0.15) is 0 Å². The number of halogens is 1. The van der Waals surface area contributed by atoms with Crippen molar-refractivity contribution in [3.05, 3.63) is 71.6 Å². The fourth-order valence-electron chi connectivity index (χ4n) is 2.40. The molecule has 0 fully saturated rings. The minimum atomic E-state index is -4.17. The second-order valence-electron chi connectivity index (χ2n) is 5.26. The maximum absolute atomic E-state index is 12.3. The Balaban J connectivity index is 1.99. The van der Waals surface area contributed by atoms with E-state index in [9.17, 15) is 8.42 Å². The van der Waals surface area contributed by atoms with Gasteiger partial charge >= 0.3 is 0 Å². The summed E-state index contributed by atoms with van der Waals surface area (Å²) in [4.78, 5) is 5.93. The van der Waals surface area contributed by atoms with Crippen LogP contribution < -0.4 is 19.9 Å². The van der Waals surface area contributed by atoms with E-state index in [0.29, 0.717) is 11.5 Å². The molecule has 1 aliphatic rings. The molecular weight excluding hydrogens is 380 g/mol. The summed E-state index contributed by atoms with van der Waals surface area (Å²) >= 11 is 6.26. The molecule has 10 heteroatoms. The molecule has 136 valence electrons. The summed E-state index contributed by atoms with van der Waals surface area (Å²) < 4.78 is 35.5. The lowest BCUT2D eigenvalue weighted by molar-refractivity contribution is 0.362. The summed E-state index contributed by atoms with van der Waals surface area (Å²) in [5.74, 6) is 1.11. The van der Waals surface area contributed by atoms with Gasteiger partial charge < -0.3 is 14.8 Å². The first-order valence-electron chi connectivity index (χ1n) is 7.34. The summed E-state index contributed by atoms with van der Waals surface area (Å²) in [5, 5.41) is 8.07. The Morgan fingerprint density at radius 3 is 2.54 bits per heavy atom. The number of nitrogens with two attached hydrogens (primary N) is 1. The Morgan fingerprint density at radius 1 is 1.23 bits per heavy atom. The average molecular weight is 395 g/mol. The van der Waals surface area contributed by atoms with Crippen LogP contribution in [0.1, 0.15) is 5.69 Å². The number of rotatable bonds is 5. The number of benzene rings is 1. The van der Waals surface area contributed by atoms with Gasteiger partial charge in [0.25, 0.3) is 0 Å². The van der Waals surface area contributed by atoms with Gasteiger partial charge in [-0.05, 0) is 30.4 Å². The van der Waals surface area contributed by atoms with Gasteiger partial charge in [-0.15, -0.1) is 0 Å². The minimum Gasteiger partial charge on any atom is -0.493 e. The highest BCUT2D eigenvalue weighted by Crippen LogP contribution is 2.35. The van der Waals surface area contributed by atoms with Gasteiger partial charge in [0.15, 0.2) is 17.3 Å². The first-order chi connectivity index (χ1) is 12.4. The molecule has 8 nitrogen and oxygen atoms in total. The number of nitrogens with one attached hydrogen (secondary N) is 1. The minimum absolute atomic E-state index is 0.0500. The molecule has 0 aliphatic carbocycles. The van der Waals surface area contributed by atoms with E-state index < -0.39 is 14.9 Å². The normalized spacial score (nSPS) is 19.8. The Morgan fingerprint density at radius 2 is 1.96 bits per heavy atom. The lowest BCUT2D eigenvalue weighted by Crippen LogP contribution is -2.51. The number of nitrogens with zero attached hydrogens (tertiary/aromatic N) is 2. The fraction of sp³-hybridized carbons (Fsp3) is 0.125. The highest BCUT2D eigenvalue weighted by atomic mass is 35.5. The van der Waals surface area contributed by atoms with Gasteiger partial charge in [0.1, 0.15) is 11.5 Å². The monoisotopic (exact) mass is 394 g/mol. The van der Waals surface area contributed by atoms with Crippen molar-refractivity contribution in [2.24, 2.45) is 5.14 Å². The van der Waals surface area contributed by atoms with Crippen LogP contribution in [0.15, 0.2) is 65.9 Å². The molecule has 3 rings (SSSR count). The van der Waals surface area contributed by atoms with Crippen LogP contribution in [0.5, 0.6) is 11.5 Å². The highest BCUT2D eigenvalue weighted by molar-refractivity contribution is 7.90. The van der Waals surface area contributed by atoms with E-state index in [0.717, 1.165) is 0 Å². The summed E-state index contributed by atoms with van der Waals surface area (Å²) in [5.41, 5.74) is 0.126. The summed E-state index contributed by atoms with van der Waals surface area (Å²) in [6.45, 7) is 0. The topological polar surface area (TPSA) is 116 Å². The van der Waals surface area contributed by atoms with Crippen molar-refractivity contribution in [3.63, 3.8) is 0 Å². The number of allylic oxidation sites excluding steroid dienone is 1. The van der Waals surface area contributed by atoms with Crippen molar-refractivity contribution in [2.45, 2.75) is 4.87 Å². The average Bonchev–Trinajstić information content (AvgIpc) is 2.63. The van der Waals surface area contributed by atoms with Crippen LogP contribution >= 0.6 is 11.6 Å². The third-order valence-electron chi connectivity index (χ3n) is 3.68. The Hall–Kier alpha value is -2.62. The van der Waals surface area contributed by atoms with Crippen LogP contribution in [0.2, 0.25) is 0 Å². The van der Waals surface area contributed by atoms with Gasteiger partial charge in [-0.1, -0.05) is 23.7 Å². The second-order valence-corrected chi connectivity index (χ2v) is 7.38. The van der Waals surface area contributed by atoms with Crippen LogP contribution in [0.4, 0.5) is 0 Å². The molecular formula is C16H15ClN4O4S. The molecule has 26 heavy (non-hydrogen) atoms. The van der Waals surface area contributed by atoms with E-state index >= 15 is 0 Å². The van der Waals surface area contributed by atoms with E-state index in [1.165, 1.54) is 37.9 Å². The molecule has 0 spiro atoms. The van der Waals surface area contributed by atoms with Crippen LogP contribution in [0.3, 0.4) is 0 Å². The predicted octanol–water partition coefficient (Wildman–Crippen LogP) is 1.57. The third kappa shape index (κ3) is 3.24. The lowest BCUT2D eigenvalue weighted by atomic mass is 10.1. The van der Waals surface area contributed by atoms with Gasteiger partial charge in [0, 0.05) is 6.20 Å². The number of ether oxygens (including phenoxy) is 2. The van der Waals surface area contributed by atoms with E-state index in [4.69, 9.17) is 26.2 Å². The zero-order chi connectivity index (χ0) is 18.8. The van der Waals surface area contributed by atoms with Crippen molar-refractivity contribution in [3.8, 4) is 11.5 Å². The molecule has 3 N–H and O–H groups in total. The lowest BCUT2D eigenvalue weighted by Gasteiger charge is -2.32. The van der Waals surface area contributed by atoms with E-state index in [-0.39, 0.29) is 16.6 Å². The molecule has 2 heterocycles. The van der Waals surface area contributed by atoms with Gasteiger partial charge in [0.05, 0.1) is 12.8 Å². The number of aromatic nitrogens is 2. The Bertz CT molecular complexity index is 979. The number of primary sulfonamides is 1. The molecule has 0 bridgehead atoms. The quantitative estimate of drug-likeness (QED) is 0.739. The highest BCUT2D eigenvalue weighted by Gasteiger charge is 2.45. The number of sulfonamides is 1. The maximum Gasteiger partial charge on any atom is 0.242 e. The smallest absolute Gasteiger partial charge is 0.242 e. The van der Waals surface area contributed by atoms with E-state index in [2.05, 4.69) is 15.3 Å². The summed E-state index contributed by atoms with van der Waals surface area (Å²) in [6, 6.07) is 8.40. The Labute approximate surface area is 155 Å². The van der Waals surface area contributed by atoms with Crippen molar-refractivity contribution in [1.29, 1.82) is 0 Å². The summed E-state index contributed by atoms with van der Waals surface area (Å²) in [7, 11) is -2.66. The number of para-hydroxylation sites is 2. The first kappa shape index (κ1) is 18.2. The van der Waals surface area contributed by atoms with Gasteiger partial charge in [0.2, 0.25) is 14.9 Å². The number of dihydropyridines is 1. The van der Waals surface area contributed by atoms with E-state index in [1.54, 1.807) is 24.3 Å². The fourth-order valence-corrected chi connectivity index (χ4v) is 3.63. The number of hydrogen-bond donors (Lipinski definition) is 2. The zero-order valence-electron chi connectivity index (χ0n) is 13.6. The van der Waals surface area contributed by atoms with Crippen molar-refractivity contribution in [1.82, 2.24) is 15.3 Å². The predicted molar refractivity (Wildman–Crippen MR) is 95.6 cm³/mol. The Kier molecular flexibility index (Phi) is 4.86. The molecule has 2 aromatic rings. The SMILES string of the molecule is COc1ccccc1OC1=C(Cl)NC(c2ccncn2)(S(N)(=O)=O)C=C1. The molecule has 1 aromatic carbocycles. The molecule has 1 unspecified atom stereocenters. The van der Waals surface area contributed by atoms with Crippen molar-refractivity contribution < 1.29 is 17.9 Å². The molecule has 1 aliphatic heterocycles. The third-order valence-corrected chi connectivity index (χ3v) is 5.31.